The summed E-state index contributed by atoms with van der Waals surface area (Å²) >= 11 is 0. The number of aromatic nitrogens is 2. The summed E-state index contributed by atoms with van der Waals surface area (Å²) in [6.45, 7) is 2.09. The Morgan fingerprint density at radius 1 is 1.25 bits per heavy atom. The molecule has 0 atom stereocenters. The molecule has 1 heterocycles. The lowest BCUT2D eigenvalue weighted by Gasteiger charge is -2.04. The molecule has 0 aliphatic carbocycles. The van der Waals surface area contributed by atoms with Crippen molar-refractivity contribution in [2.75, 3.05) is 0 Å². The largest absolute Gasteiger partial charge is 0.306 e. The molecule has 60 valence electrons. The van der Waals surface area contributed by atoms with E-state index in [4.69, 9.17) is 0 Å². The molecule has 0 N–H and O–H groups in total. The van der Waals surface area contributed by atoms with Gasteiger partial charge in [-0.2, -0.15) is 0 Å². The van der Waals surface area contributed by atoms with Crippen LogP contribution in [0.25, 0.3) is 5.69 Å². The molecule has 0 spiro atoms. The van der Waals surface area contributed by atoms with E-state index in [-0.39, 0.29) is 0 Å². The van der Waals surface area contributed by atoms with Crippen LogP contribution in [0.5, 0.6) is 0 Å². The molecule has 0 amide bonds. The highest BCUT2D eigenvalue weighted by Gasteiger charge is 1.96. The van der Waals surface area contributed by atoms with Crippen LogP contribution in [0, 0.1) is 6.92 Å². The van der Waals surface area contributed by atoms with E-state index in [0.29, 0.717) is 0 Å². The second kappa shape index (κ2) is 2.81. The predicted molar refractivity (Wildman–Crippen MR) is 48.3 cm³/mol. The zero-order valence-electron chi connectivity index (χ0n) is 6.94. The molecular weight excluding hydrogens is 148 g/mol. The van der Waals surface area contributed by atoms with Crippen LogP contribution in [0.3, 0.4) is 0 Å². The van der Waals surface area contributed by atoms with Gasteiger partial charge in [0.2, 0.25) is 0 Å². The molecule has 1 aromatic heterocycles. The Bertz CT molecular complexity index is 363. The van der Waals surface area contributed by atoms with E-state index in [9.17, 15) is 0 Å². The van der Waals surface area contributed by atoms with Crippen molar-refractivity contribution in [3.05, 3.63) is 48.5 Å². The summed E-state index contributed by atoms with van der Waals surface area (Å²) < 4.78 is 2.01. The van der Waals surface area contributed by atoms with Gasteiger partial charge in [-0.25, -0.2) is 4.98 Å². The molecule has 2 aromatic rings. The van der Waals surface area contributed by atoms with Crippen LogP contribution in [0.2, 0.25) is 0 Å². The number of aryl methyl sites for hydroxylation is 1. The molecule has 2 rings (SSSR count). The fourth-order valence-electron chi connectivity index (χ4n) is 1.25. The second-order valence-corrected chi connectivity index (χ2v) is 2.76. The van der Waals surface area contributed by atoms with E-state index in [2.05, 4.69) is 24.0 Å². The summed E-state index contributed by atoms with van der Waals surface area (Å²) in [6.07, 6.45) is 5.54. The van der Waals surface area contributed by atoms with Crippen molar-refractivity contribution >= 4 is 0 Å². The van der Waals surface area contributed by atoms with Crippen LogP contribution in [0.1, 0.15) is 5.56 Å². The molecule has 0 bridgehead atoms. The fraction of sp³-hybridized carbons (Fsp3) is 0.100. The van der Waals surface area contributed by atoms with Crippen molar-refractivity contribution in [3.63, 3.8) is 0 Å². The molecule has 0 aliphatic heterocycles. The molecule has 2 nitrogen and oxygen atoms in total. The van der Waals surface area contributed by atoms with Gasteiger partial charge in [-0.15, -0.1) is 0 Å². The maximum Gasteiger partial charge on any atom is 0.0991 e. The van der Waals surface area contributed by atoms with Gasteiger partial charge in [0.15, 0.2) is 0 Å². The van der Waals surface area contributed by atoms with Crippen molar-refractivity contribution in [3.8, 4) is 5.69 Å². The van der Waals surface area contributed by atoms with E-state index in [1.807, 2.05) is 29.2 Å². The van der Waals surface area contributed by atoms with Crippen LogP contribution in [-0.2, 0) is 0 Å². The first-order chi connectivity index (χ1) is 5.88. The summed E-state index contributed by atoms with van der Waals surface area (Å²) in [5.41, 5.74) is 2.45. The van der Waals surface area contributed by atoms with E-state index in [0.717, 1.165) is 0 Å². The summed E-state index contributed by atoms with van der Waals surface area (Å²) in [5, 5.41) is 0. The Labute approximate surface area is 71.5 Å². The zero-order chi connectivity index (χ0) is 8.39. The summed E-state index contributed by atoms with van der Waals surface area (Å²) in [6, 6.07) is 8.24. The monoisotopic (exact) mass is 158 g/mol. The number of nitrogens with zero attached hydrogens (tertiary/aromatic N) is 2. The minimum absolute atomic E-state index is 1.19. The number of para-hydroxylation sites is 1. The van der Waals surface area contributed by atoms with Gasteiger partial charge in [-0.05, 0) is 18.6 Å². The first-order valence-corrected chi connectivity index (χ1v) is 3.92. The fourth-order valence-corrected chi connectivity index (χ4v) is 1.25. The van der Waals surface area contributed by atoms with Crippen molar-refractivity contribution in [1.29, 1.82) is 0 Å². The maximum absolute atomic E-state index is 4.00. The first-order valence-electron chi connectivity index (χ1n) is 3.92. The zero-order valence-corrected chi connectivity index (χ0v) is 6.94. The third kappa shape index (κ3) is 1.11. The smallest absolute Gasteiger partial charge is 0.0991 e. The lowest BCUT2D eigenvalue weighted by atomic mass is 10.2. The number of rotatable bonds is 1. The van der Waals surface area contributed by atoms with Crippen molar-refractivity contribution in [2.24, 2.45) is 0 Å². The Morgan fingerprint density at radius 2 is 2.08 bits per heavy atom. The summed E-state index contributed by atoms with van der Waals surface area (Å²) in [7, 11) is 0. The van der Waals surface area contributed by atoms with Crippen LogP contribution in [0.4, 0.5) is 0 Å². The lowest BCUT2D eigenvalue weighted by molar-refractivity contribution is 1.04. The molecule has 0 saturated heterocycles. The van der Waals surface area contributed by atoms with Gasteiger partial charge < -0.3 is 4.57 Å². The number of hydrogen-bond donors (Lipinski definition) is 0. The summed E-state index contributed by atoms with van der Waals surface area (Å²) in [4.78, 5) is 4.00. The van der Waals surface area contributed by atoms with Gasteiger partial charge >= 0.3 is 0 Å². The predicted octanol–water partition coefficient (Wildman–Crippen LogP) is 2.18. The Morgan fingerprint density at radius 3 is 2.75 bits per heavy atom. The minimum Gasteiger partial charge on any atom is -0.306 e. The van der Waals surface area contributed by atoms with Gasteiger partial charge in [0.1, 0.15) is 0 Å². The standard InChI is InChI=1S/C10H10N2/c1-9-4-2-3-5-10(9)12-7-6-11-8-12/h2-8H,1H3. The van der Waals surface area contributed by atoms with E-state index in [1.54, 1.807) is 6.20 Å². The normalized spacial score (nSPS) is 10.1. The molecule has 0 saturated carbocycles. The quantitative estimate of drug-likeness (QED) is 0.622. The average molecular weight is 158 g/mol. The minimum atomic E-state index is 1.19. The van der Waals surface area contributed by atoms with Crippen LogP contribution >= 0.6 is 0 Å². The number of imidazole rings is 1. The molecule has 0 radical (unpaired) electrons. The maximum atomic E-state index is 4.00. The molecular formula is C10H10N2. The Balaban J connectivity index is 2.55. The Hall–Kier alpha value is -1.57. The number of benzene rings is 1. The van der Waals surface area contributed by atoms with Gasteiger partial charge in [0.05, 0.1) is 6.33 Å². The topological polar surface area (TPSA) is 17.8 Å². The molecule has 0 fully saturated rings. The summed E-state index contributed by atoms with van der Waals surface area (Å²) in [5.74, 6) is 0. The SMILES string of the molecule is Cc1ccccc1-n1ccnc1. The highest BCUT2D eigenvalue weighted by Crippen LogP contribution is 2.11. The van der Waals surface area contributed by atoms with E-state index in [1.165, 1.54) is 11.3 Å². The van der Waals surface area contributed by atoms with E-state index >= 15 is 0 Å². The van der Waals surface area contributed by atoms with Gasteiger partial charge in [-0.3, -0.25) is 0 Å². The molecule has 12 heavy (non-hydrogen) atoms. The molecule has 0 unspecified atom stereocenters. The lowest BCUT2D eigenvalue weighted by Crippen LogP contribution is -1.92. The highest BCUT2D eigenvalue weighted by atomic mass is 15.0. The van der Waals surface area contributed by atoms with Gasteiger partial charge in [0, 0.05) is 18.1 Å². The van der Waals surface area contributed by atoms with Crippen LogP contribution in [0.15, 0.2) is 43.0 Å². The third-order valence-electron chi connectivity index (χ3n) is 1.90. The highest BCUT2D eigenvalue weighted by molar-refractivity contribution is 5.39. The van der Waals surface area contributed by atoms with Gasteiger partial charge in [-0.1, -0.05) is 18.2 Å². The average Bonchev–Trinajstić information content (AvgIpc) is 2.57. The van der Waals surface area contributed by atoms with Crippen LogP contribution in [-0.4, -0.2) is 9.55 Å². The second-order valence-electron chi connectivity index (χ2n) is 2.76. The first kappa shape index (κ1) is 7.10. The third-order valence-corrected chi connectivity index (χ3v) is 1.90. The van der Waals surface area contributed by atoms with Crippen molar-refractivity contribution < 1.29 is 0 Å². The molecule has 2 heteroatoms. The van der Waals surface area contributed by atoms with Crippen LogP contribution < -0.4 is 0 Å². The van der Waals surface area contributed by atoms with Gasteiger partial charge in [0.25, 0.3) is 0 Å². The number of hydrogen-bond acceptors (Lipinski definition) is 1. The molecule has 1 aromatic carbocycles. The molecule has 0 aliphatic rings. The van der Waals surface area contributed by atoms with Crippen molar-refractivity contribution in [2.45, 2.75) is 6.92 Å². The van der Waals surface area contributed by atoms with Crippen molar-refractivity contribution in [1.82, 2.24) is 9.55 Å². The Kier molecular flexibility index (Phi) is 1.67. The van der Waals surface area contributed by atoms with E-state index < -0.39 is 0 Å².